The summed E-state index contributed by atoms with van der Waals surface area (Å²) >= 11 is 0. The summed E-state index contributed by atoms with van der Waals surface area (Å²) in [5.41, 5.74) is 0.681. The minimum atomic E-state index is -0.731. The molecule has 158 valence electrons. The van der Waals surface area contributed by atoms with Crippen molar-refractivity contribution in [1.29, 1.82) is 0 Å². The van der Waals surface area contributed by atoms with Gasteiger partial charge in [0.2, 0.25) is 0 Å². The van der Waals surface area contributed by atoms with E-state index in [0.717, 1.165) is 44.5 Å². The number of benzene rings is 1. The number of aliphatic imine (C=N–C) groups is 1. The number of nitrogens with one attached hydrogen (secondary N) is 2. The number of guanidine groups is 1. The molecule has 1 heterocycles. The maximum absolute atomic E-state index is 13.0. The zero-order chi connectivity index (χ0) is 19.1. The van der Waals surface area contributed by atoms with Gasteiger partial charge in [-0.25, -0.2) is 4.39 Å². The maximum atomic E-state index is 13.0. The summed E-state index contributed by atoms with van der Waals surface area (Å²) in [6, 6.07) is 7.17. The van der Waals surface area contributed by atoms with E-state index < -0.39 is 6.10 Å². The van der Waals surface area contributed by atoms with Gasteiger partial charge in [0.1, 0.15) is 5.82 Å². The summed E-state index contributed by atoms with van der Waals surface area (Å²) in [4.78, 5) is 7.20. The standard InChI is InChI=1S/C21H33FN4O.HI/c1-2-23-21(24-15-20(27)16-7-9-17(22)10-8-16)25-18-11-13-26(14-12-18)19-5-3-4-6-19;/h7-10,18-20,27H,2-6,11-15H2,1H3,(H2,23,24,25);1H. The first kappa shape index (κ1) is 23.3. The molecule has 1 saturated heterocycles. The zero-order valence-electron chi connectivity index (χ0n) is 16.7. The second kappa shape index (κ2) is 11.9. The highest BCUT2D eigenvalue weighted by Crippen LogP contribution is 2.26. The Morgan fingerprint density at radius 3 is 2.43 bits per heavy atom. The van der Waals surface area contributed by atoms with E-state index >= 15 is 0 Å². The van der Waals surface area contributed by atoms with Crippen molar-refractivity contribution < 1.29 is 9.50 Å². The smallest absolute Gasteiger partial charge is 0.191 e. The minimum absolute atomic E-state index is 0. The van der Waals surface area contributed by atoms with E-state index in [9.17, 15) is 9.50 Å². The molecule has 2 aliphatic rings. The Morgan fingerprint density at radius 2 is 1.82 bits per heavy atom. The van der Waals surface area contributed by atoms with Crippen molar-refractivity contribution in [3.8, 4) is 0 Å². The molecule has 1 unspecified atom stereocenters. The Balaban J connectivity index is 0.00000280. The Bertz CT molecular complexity index is 599. The van der Waals surface area contributed by atoms with Gasteiger partial charge < -0.3 is 20.6 Å². The van der Waals surface area contributed by atoms with Gasteiger partial charge in [0, 0.05) is 31.7 Å². The number of nitrogens with zero attached hydrogens (tertiary/aromatic N) is 2. The highest BCUT2D eigenvalue weighted by molar-refractivity contribution is 14.0. The van der Waals surface area contributed by atoms with Crippen molar-refractivity contribution in [1.82, 2.24) is 15.5 Å². The molecule has 0 spiro atoms. The van der Waals surface area contributed by atoms with E-state index in [2.05, 4.69) is 20.5 Å². The summed E-state index contributed by atoms with van der Waals surface area (Å²) in [5.74, 6) is 0.450. The van der Waals surface area contributed by atoms with E-state index in [0.29, 0.717) is 11.6 Å². The molecule has 0 aromatic heterocycles. The fraction of sp³-hybridized carbons (Fsp3) is 0.667. The molecule has 1 saturated carbocycles. The molecule has 0 bridgehead atoms. The molecule has 1 atom stereocenters. The van der Waals surface area contributed by atoms with Crippen molar-refractivity contribution in [2.45, 2.75) is 63.6 Å². The van der Waals surface area contributed by atoms with Crippen molar-refractivity contribution in [3.05, 3.63) is 35.6 Å². The molecule has 1 aromatic rings. The van der Waals surface area contributed by atoms with Crippen molar-refractivity contribution in [3.63, 3.8) is 0 Å². The number of hydrogen-bond donors (Lipinski definition) is 3. The lowest BCUT2D eigenvalue weighted by atomic mass is 10.0. The minimum Gasteiger partial charge on any atom is -0.386 e. The van der Waals surface area contributed by atoms with Crippen molar-refractivity contribution >= 4 is 29.9 Å². The average Bonchev–Trinajstić information content (AvgIpc) is 3.22. The van der Waals surface area contributed by atoms with Gasteiger partial charge in [0.25, 0.3) is 0 Å². The van der Waals surface area contributed by atoms with Crippen LogP contribution in [0.25, 0.3) is 0 Å². The third-order valence-corrected chi connectivity index (χ3v) is 5.73. The van der Waals surface area contributed by atoms with E-state index in [4.69, 9.17) is 0 Å². The van der Waals surface area contributed by atoms with Crippen LogP contribution >= 0.6 is 24.0 Å². The Morgan fingerprint density at radius 1 is 1.18 bits per heavy atom. The molecule has 3 N–H and O–H groups in total. The number of piperidine rings is 1. The number of hydrogen-bond acceptors (Lipinski definition) is 3. The van der Waals surface area contributed by atoms with Crippen LogP contribution in [0.4, 0.5) is 4.39 Å². The van der Waals surface area contributed by atoms with Crippen LogP contribution in [0.3, 0.4) is 0 Å². The molecular formula is C21H34FIN4O. The second-order valence-electron chi connectivity index (χ2n) is 7.68. The average molecular weight is 504 g/mol. The Kier molecular flexibility index (Phi) is 9.94. The van der Waals surface area contributed by atoms with Gasteiger partial charge in [-0.1, -0.05) is 25.0 Å². The van der Waals surface area contributed by atoms with Crippen LogP contribution in [0, 0.1) is 5.82 Å². The molecule has 2 fully saturated rings. The van der Waals surface area contributed by atoms with Gasteiger partial charge in [-0.3, -0.25) is 4.99 Å². The first-order valence-corrected chi connectivity index (χ1v) is 10.4. The third kappa shape index (κ3) is 6.84. The van der Waals surface area contributed by atoms with Crippen LogP contribution in [-0.2, 0) is 0 Å². The number of halogens is 2. The highest BCUT2D eigenvalue weighted by Gasteiger charge is 2.27. The molecule has 28 heavy (non-hydrogen) atoms. The zero-order valence-corrected chi connectivity index (χ0v) is 19.1. The summed E-state index contributed by atoms with van der Waals surface area (Å²) in [5, 5.41) is 17.1. The monoisotopic (exact) mass is 504 g/mol. The third-order valence-electron chi connectivity index (χ3n) is 5.73. The maximum Gasteiger partial charge on any atom is 0.191 e. The fourth-order valence-electron chi connectivity index (χ4n) is 4.16. The molecular weight excluding hydrogens is 470 g/mol. The van der Waals surface area contributed by atoms with Gasteiger partial charge in [-0.15, -0.1) is 24.0 Å². The Hall–Kier alpha value is -0.930. The molecule has 0 amide bonds. The van der Waals surface area contributed by atoms with E-state index in [1.807, 2.05) is 6.92 Å². The van der Waals surface area contributed by atoms with Gasteiger partial charge >= 0.3 is 0 Å². The molecule has 1 aliphatic carbocycles. The van der Waals surface area contributed by atoms with Gasteiger partial charge in [-0.2, -0.15) is 0 Å². The largest absolute Gasteiger partial charge is 0.386 e. The van der Waals surface area contributed by atoms with Crippen molar-refractivity contribution in [2.75, 3.05) is 26.2 Å². The number of likely N-dealkylation sites (tertiary alicyclic amines) is 1. The SMILES string of the molecule is CCNC(=NCC(O)c1ccc(F)cc1)NC1CCN(C2CCCC2)CC1.I. The van der Waals surface area contributed by atoms with Gasteiger partial charge in [0.05, 0.1) is 12.6 Å². The molecule has 0 radical (unpaired) electrons. The summed E-state index contributed by atoms with van der Waals surface area (Å²) in [6.07, 6.45) is 7.02. The first-order chi connectivity index (χ1) is 13.2. The van der Waals surface area contributed by atoms with Gasteiger partial charge in [-0.05, 0) is 50.3 Å². The Labute approximate surface area is 185 Å². The topological polar surface area (TPSA) is 59.9 Å². The van der Waals surface area contributed by atoms with E-state index in [-0.39, 0.29) is 36.3 Å². The van der Waals surface area contributed by atoms with Crippen LogP contribution in [0.2, 0.25) is 0 Å². The highest BCUT2D eigenvalue weighted by atomic mass is 127. The summed E-state index contributed by atoms with van der Waals surface area (Å²) < 4.78 is 13.0. The van der Waals surface area contributed by atoms with Gasteiger partial charge in [0.15, 0.2) is 5.96 Å². The quantitative estimate of drug-likeness (QED) is 0.316. The van der Waals surface area contributed by atoms with E-state index in [1.165, 1.54) is 37.8 Å². The molecule has 7 heteroatoms. The lowest BCUT2D eigenvalue weighted by Gasteiger charge is -2.36. The summed E-state index contributed by atoms with van der Waals surface area (Å²) in [7, 11) is 0. The molecule has 1 aromatic carbocycles. The number of rotatable bonds is 6. The van der Waals surface area contributed by atoms with Crippen molar-refractivity contribution in [2.24, 2.45) is 4.99 Å². The van der Waals surface area contributed by atoms with E-state index in [1.54, 1.807) is 12.1 Å². The molecule has 5 nitrogen and oxygen atoms in total. The van der Waals surface area contributed by atoms with Crippen LogP contribution in [0.5, 0.6) is 0 Å². The molecule has 1 aliphatic heterocycles. The van der Waals surface area contributed by atoms with Crippen LogP contribution < -0.4 is 10.6 Å². The second-order valence-corrected chi connectivity index (χ2v) is 7.68. The fourth-order valence-corrected chi connectivity index (χ4v) is 4.16. The number of aliphatic hydroxyl groups is 1. The first-order valence-electron chi connectivity index (χ1n) is 10.4. The normalized spacial score (nSPS) is 20.6. The summed E-state index contributed by atoms with van der Waals surface area (Å²) in [6.45, 7) is 5.37. The molecule has 3 rings (SSSR count). The number of aliphatic hydroxyl groups excluding tert-OH is 1. The predicted octanol–water partition coefficient (Wildman–Crippen LogP) is 3.44. The van der Waals surface area contributed by atoms with Crippen LogP contribution in [0.15, 0.2) is 29.3 Å². The lowest BCUT2D eigenvalue weighted by molar-refractivity contribution is 0.150. The van der Waals surface area contributed by atoms with Crippen LogP contribution in [0.1, 0.15) is 57.1 Å². The predicted molar refractivity (Wildman–Crippen MR) is 123 cm³/mol. The van der Waals surface area contributed by atoms with Crippen LogP contribution in [-0.4, -0.2) is 54.2 Å². The lowest BCUT2D eigenvalue weighted by Crippen LogP contribution is -2.50.